The molecule has 1 aliphatic heterocycles. The predicted molar refractivity (Wildman–Crippen MR) is 129 cm³/mol. The maximum Gasteiger partial charge on any atom is 0.407 e. The van der Waals surface area contributed by atoms with Gasteiger partial charge in [-0.15, -0.1) is 0 Å². The third-order valence-corrected chi connectivity index (χ3v) is 6.08. The van der Waals surface area contributed by atoms with Gasteiger partial charge in [-0.3, -0.25) is 9.59 Å². The van der Waals surface area contributed by atoms with Gasteiger partial charge in [0.15, 0.2) is 0 Å². The second kappa shape index (κ2) is 11.3. The van der Waals surface area contributed by atoms with E-state index in [9.17, 15) is 23.9 Å². The number of likely N-dealkylation sites (tertiary alicyclic amines) is 1. The molecule has 0 aliphatic carbocycles. The zero-order valence-electron chi connectivity index (χ0n) is 20.4. The Labute approximate surface area is 205 Å². The molecule has 0 radical (unpaired) electrons. The topological polar surface area (TPSA) is 95.9 Å². The van der Waals surface area contributed by atoms with Gasteiger partial charge in [-0.25, -0.2) is 9.18 Å². The van der Waals surface area contributed by atoms with Crippen LogP contribution in [-0.4, -0.2) is 52.7 Å². The van der Waals surface area contributed by atoms with Gasteiger partial charge in [0.2, 0.25) is 5.91 Å². The first kappa shape index (κ1) is 26.2. The van der Waals surface area contributed by atoms with Crippen LogP contribution in [0.4, 0.5) is 9.18 Å². The number of rotatable bonds is 8. The smallest absolute Gasteiger partial charge is 0.407 e. The Kier molecular flexibility index (Phi) is 8.48. The monoisotopic (exact) mass is 484 g/mol. The summed E-state index contributed by atoms with van der Waals surface area (Å²) in [5.41, 5.74) is 0.557. The molecule has 2 aromatic carbocycles. The van der Waals surface area contributed by atoms with Gasteiger partial charge in [0.05, 0.1) is 5.92 Å². The molecule has 3 rings (SSSR count). The summed E-state index contributed by atoms with van der Waals surface area (Å²) in [5.74, 6) is -2.82. The maximum absolute atomic E-state index is 15.0. The zero-order valence-corrected chi connectivity index (χ0v) is 20.4. The molecule has 188 valence electrons. The van der Waals surface area contributed by atoms with Crippen LogP contribution in [0.15, 0.2) is 54.6 Å². The number of nitrogens with one attached hydrogen (secondary N) is 1. The maximum atomic E-state index is 15.0. The number of amides is 2. The Morgan fingerprint density at radius 3 is 2.37 bits per heavy atom. The molecule has 2 N–H and O–H groups in total. The predicted octanol–water partition coefficient (Wildman–Crippen LogP) is 4.37. The number of alkyl carbamates (subject to hydrolysis) is 1. The molecule has 1 fully saturated rings. The summed E-state index contributed by atoms with van der Waals surface area (Å²) in [4.78, 5) is 38.8. The van der Waals surface area contributed by atoms with Crippen LogP contribution in [-0.2, 0) is 20.7 Å². The van der Waals surface area contributed by atoms with Crippen LogP contribution in [0.5, 0.6) is 0 Å². The van der Waals surface area contributed by atoms with Crippen molar-refractivity contribution < 1.29 is 28.6 Å². The standard InChI is InChI=1S/C27H33FN2O5/c1-27(2,3)35-26(34)29-23(16-24(31)30-14-13-19(17-30)25(32)33)21(15-18-9-5-4-6-10-18)20-11-7-8-12-22(20)28/h4-12,19,21,23H,13-17H2,1-3H3,(H,29,34)(H,32,33)/t19?,21?,23-/m1/s1. The molecular weight excluding hydrogens is 451 g/mol. The number of nitrogens with zero attached hydrogens (tertiary/aromatic N) is 1. The average Bonchev–Trinajstić information content (AvgIpc) is 3.28. The Balaban J connectivity index is 1.92. The highest BCUT2D eigenvalue weighted by Crippen LogP contribution is 2.30. The highest BCUT2D eigenvalue weighted by atomic mass is 19.1. The zero-order chi connectivity index (χ0) is 25.6. The van der Waals surface area contributed by atoms with E-state index in [1.54, 1.807) is 39.0 Å². The molecule has 7 nitrogen and oxygen atoms in total. The quantitative estimate of drug-likeness (QED) is 0.580. The summed E-state index contributed by atoms with van der Waals surface area (Å²) in [6.07, 6.45) is -0.0500. The van der Waals surface area contributed by atoms with Gasteiger partial charge in [-0.2, -0.15) is 0 Å². The largest absolute Gasteiger partial charge is 0.481 e. The third kappa shape index (κ3) is 7.53. The third-order valence-electron chi connectivity index (χ3n) is 6.08. The lowest BCUT2D eigenvalue weighted by Gasteiger charge is -2.31. The van der Waals surface area contributed by atoms with Crippen molar-refractivity contribution in [2.75, 3.05) is 13.1 Å². The van der Waals surface area contributed by atoms with Crippen molar-refractivity contribution in [3.63, 3.8) is 0 Å². The van der Waals surface area contributed by atoms with E-state index in [0.717, 1.165) is 5.56 Å². The van der Waals surface area contributed by atoms with Crippen LogP contribution in [0.25, 0.3) is 0 Å². The van der Waals surface area contributed by atoms with Crippen LogP contribution in [0.2, 0.25) is 0 Å². The number of carbonyl (C=O) groups is 3. The minimum Gasteiger partial charge on any atom is -0.481 e. The van der Waals surface area contributed by atoms with Crippen molar-refractivity contribution in [3.8, 4) is 0 Å². The van der Waals surface area contributed by atoms with Crippen molar-refractivity contribution in [2.45, 2.75) is 57.6 Å². The van der Waals surface area contributed by atoms with Crippen molar-refractivity contribution in [3.05, 3.63) is 71.5 Å². The van der Waals surface area contributed by atoms with E-state index >= 15 is 0 Å². The van der Waals surface area contributed by atoms with E-state index in [0.29, 0.717) is 24.9 Å². The fourth-order valence-corrected chi connectivity index (χ4v) is 4.37. The van der Waals surface area contributed by atoms with Gasteiger partial charge in [-0.05, 0) is 50.8 Å². The fourth-order valence-electron chi connectivity index (χ4n) is 4.37. The normalized spacial score (nSPS) is 17.5. The van der Waals surface area contributed by atoms with Crippen molar-refractivity contribution >= 4 is 18.0 Å². The molecule has 8 heteroatoms. The van der Waals surface area contributed by atoms with Crippen LogP contribution in [0.1, 0.15) is 50.7 Å². The summed E-state index contributed by atoms with van der Waals surface area (Å²) < 4.78 is 20.4. The Morgan fingerprint density at radius 1 is 1.11 bits per heavy atom. The molecule has 0 spiro atoms. The Hall–Kier alpha value is -3.42. The van der Waals surface area contributed by atoms with Crippen LogP contribution >= 0.6 is 0 Å². The van der Waals surface area contributed by atoms with Crippen molar-refractivity contribution in [2.24, 2.45) is 5.92 Å². The van der Waals surface area contributed by atoms with Gasteiger partial charge in [-0.1, -0.05) is 48.5 Å². The molecule has 0 saturated carbocycles. The Morgan fingerprint density at radius 2 is 1.77 bits per heavy atom. The molecule has 35 heavy (non-hydrogen) atoms. The summed E-state index contributed by atoms with van der Waals surface area (Å²) in [6, 6.07) is 15.0. The summed E-state index contributed by atoms with van der Waals surface area (Å²) in [7, 11) is 0. The number of aliphatic carboxylic acids is 1. The van der Waals surface area contributed by atoms with Crippen molar-refractivity contribution in [1.82, 2.24) is 10.2 Å². The molecule has 1 aliphatic rings. The number of benzene rings is 2. The summed E-state index contributed by atoms with van der Waals surface area (Å²) >= 11 is 0. The molecule has 2 aromatic rings. The van der Waals surface area contributed by atoms with Gasteiger partial charge >= 0.3 is 12.1 Å². The second-order valence-electron chi connectivity index (χ2n) is 9.94. The molecule has 3 atom stereocenters. The van der Waals surface area contributed by atoms with Crippen LogP contribution in [0, 0.1) is 11.7 Å². The average molecular weight is 485 g/mol. The number of hydrogen-bond acceptors (Lipinski definition) is 4. The highest BCUT2D eigenvalue weighted by molar-refractivity contribution is 5.80. The number of halogens is 1. The molecule has 1 saturated heterocycles. The van der Waals surface area contributed by atoms with Crippen LogP contribution in [0.3, 0.4) is 0 Å². The van der Waals surface area contributed by atoms with Crippen molar-refractivity contribution in [1.29, 1.82) is 0 Å². The van der Waals surface area contributed by atoms with E-state index in [1.807, 2.05) is 30.3 Å². The lowest BCUT2D eigenvalue weighted by Crippen LogP contribution is -2.46. The number of hydrogen-bond donors (Lipinski definition) is 2. The second-order valence-corrected chi connectivity index (χ2v) is 9.94. The molecule has 2 amide bonds. The highest BCUT2D eigenvalue weighted by Gasteiger charge is 2.35. The van der Waals surface area contributed by atoms with E-state index < -0.39 is 41.4 Å². The number of carbonyl (C=O) groups excluding carboxylic acids is 2. The first-order valence-electron chi connectivity index (χ1n) is 11.8. The van der Waals surface area contributed by atoms with Gasteiger partial charge in [0.1, 0.15) is 11.4 Å². The lowest BCUT2D eigenvalue weighted by molar-refractivity contribution is -0.141. The summed E-state index contributed by atoms with van der Waals surface area (Å²) in [6.45, 7) is 5.67. The van der Waals surface area contributed by atoms with Gasteiger partial charge in [0.25, 0.3) is 0 Å². The van der Waals surface area contributed by atoms with E-state index in [2.05, 4.69) is 5.32 Å². The molecule has 0 bridgehead atoms. The molecular formula is C27H33FN2O5. The minimum absolute atomic E-state index is 0.114. The Bertz CT molecular complexity index is 1040. The van der Waals surface area contributed by atoms with E-state index in [1.165, 1.54) is 11.0 Å². The summed E-state index contributed by atoms with van der Waals surface area (Å²) in [5, 5.41) is 12.1. The first-order valence-corrected chi connectivity index (χ1v) is 11.8. The van der Waals surface area contributed by atoms with E-state index in [4.69, 9.17) is 4.74 Å². The number of carboxylic acids is 1. The molecule has 2 unspecified atom stereocenters. The lowest BCUT2D eigenvalue weighted by atomic mass is 9.83. The number of carboxylic acid groups (broad SMARTS) is 1. The van der Waals surface area contributed by atoms with E-state index in [-0.39, 0.29) is 18.9 Å². The first-order chi connectivity index (χ1) is 16.5. The fraction of sp³-hybridized carbons (Fsp3) is 0.444. The minimum atomic E-state index is -0.933. The molecule has 0 aromatic heterocycles. The number of ether oxygens (including phenoxy) is 1. The van der Waals surface area contributed by atoms with Gasteiger partial charge < -0.3 is 20.1 Å². The molecule has 1 heterocycles. The van der Waals surface area contributed by atoms with Crippen LogP contribution < -0.4 is 5.32 Å². The SMILES string of the molecule is CC(C)(C)OC(=O)N[C@H](CC(=O)N1CCC(C(=O)O)C1)C(Cc1ccccc1)c1ccccc1F. The van der Waals surface area contributed by atoms with Gasteiger partial charge in [0, 0.05) is 31.5 Å².